The van der Waals surface area contributed by atoms with Gasteiger partial charge >= 0.3 is 0 Å². The van der Waals surface area contributed by atoms with Crippen LogP contribution in [0.4, 0.5) is 11.6 Å². The Balaban J connectivity index is 1.96. The van der Waals surface area contributed by atoms with Crippen LogP contribution in [0.5, 0.6) is 11.5 Å². The fourth-order valence-electron chi connectivity index (χ4n) is 3.38. The number of nitrogens with one attached hydrogen (secondary N) is 1. The standard InChI is InChI=1S/C23H29N5O3/c1-14-20-18(12-19(30-6)21(14)31-7)25-23(26-22(20)29)28(5)13-16-9-8-10-17(11-16)24-15(2)27(3)4/h8-12H,13H2,1-7H3,(H,25,26,29)/b24-15+. The molecule has 0 amide bonds. The van der Waals surface area contributed by atoms with Crippen LogP contribution in [0.2, 0.25) is 0 Å². The molecule has 1 N–H and O–H groups in total. The lowest BCUT2D eigenvalue weighted by Crippen LogP contribution is -2.23. The summed E-state index contributed by atoms with van der Waals surface area (Å²) in [6.07, 6.45) is 0. The van der Waals surface area contributed by atoms with Gasteiger partial charge in [-0.15, -0.1) is 0 Å². The molecule has 2 aromatic carbocycles. The Morgan fingerprint density at radius 3 is 2.55 bits per heavy atom. The maximum atomic E-state index is 12.8. The van der Waals surface area contributed by atoms with Gasteiger partial charge in [-0.2, -0.15) is 0 Å². The Hall–Kier alpha value is -3.55. The second-order valence-electron chi connectivity index (χ2n) is 7.60. The molecule has 1 heterocycles. The molecule has 0 saturated carbocycles. The number of hydrogen-bond donors (Lipinski definition) is 1. The van der Waals surface area contributed by atoms with Crippen LogP contribution in [0.1, 0.15) is 18.1 Å². The van der Waals surface area contributed by atoms with Crippen LogP contribution in [0.25, 0.3) is 10.9 Å². The molecule has 0 aliphatic heterocycles. The number of benzene rings is 2. The van der Waals surface area contributed by atoms with Gasteiger partial charge in [-0.1, -0.05) is 12.1 Å². The van der Waals surface area contributed by atoms with Crippen molar-refractivity contribution >= 4 is 28.4 Å². The lowest BCUT2D eigenvalue weighted by Gasteiger charge is -2.19. The number of anilines is 1. The molecular weight excluding hydrogens is 394 g/mol. The van der Waals surface area contributed by atoms with Crippen molar-refractivity contribution in [1.82, 2.24) is 14.9 Å². The number of aromatic nitrogens is 2. The van der Waals surface area contributed by atoms with Crippen molar-refractivity contribution in [2.45, 2.75) is 20.4 Å². The normalized spacial score (nSPS) is 11.5. The summed E-state index contributed by atoms with van der Waals surface area (Å²) < 4.78 is 10.8. The number of fused-ring (bicyclic) bond motifs is 1. The Morgan fingerprint density at radius 2 is 1.90 bits per heavy atom. The number of methoxy groups -OCH3 is 2. The highest BCUT2D eigenvalue weighted by molar-refractivity contribution is 5.87. The molecule has 8 nitrogen and oxygen atoms in total. The molecule has 0 fully saturated rings. The number of H-pyrrole nitrogens is 1. The van der Waals surface area contributed by atoms with E-state index in [1.54, 1.807) is 20.3 Å². The number of nitrogens with zero attached hydrogens (tertiary/aromatic N) is 4. The smallest absolute Gasteiger partial charge is 0.260 e. The van der Waals surface area contributed by atoms with Crippen LogP contribution in [0.15, 0.2) is 40.1 Å². The topological polar surface area (TPSA) is 83.0 Å². The van der Waals surface area contributed by atoms with E-state index >= 15 is 0 Å². The zero-order chi connectivity index (χ0) is 22.7. The summed E-state index contributed by atoms with van der Waals surface area (Å²) in [7, 11) is 8.93. The highest BCUT2D eigenvalue weighted by atomic mass is 16.5. The molecule has 3 aromatic rings. The van der Waals surface area contributed by atoms with Gasteiger partial charge < -0.3 is 19.3 Å². The summed E-state index contributed by atoms with van der Waals surface area (Å²) in [5, 5.41) is 0.491. The largest absolute Gasteiger partial charge is 0.493 e. The first-order valence-corrected chi connectivity index (χ1v) is 9.93. The second-order valence-corrected chi connectivity index (χ2v) is 7.60. The number of aryl methyl sites for hydroxylation is 1. The molecule has 0 radical (unpaired) electrons. The number of ether oxygens (including phenoxy) is 2. The lowest BCUT2D eigenvalue weighted by atomic mass is 10.1. The molecule has 0 atom stereocenters. The van der Waals surface area contributed by atoms with E-state index in [1.165, 1.54) is 0 Å². The van der Waals surface area contributed by atoms with E-state index in [9.17, 15) is 4.79 Å². The zero-order valence-electron chi connectivity index (χ0n) is 19.1. The Labute approximate surface area is 182 Å². The SMILES string of the molecule is COc1cc2nc(N(C)Cc3cccc(/N=C(\C)N(C)C)c3)[nH]c(=O)c2c(C)c1OC. The van der Waals surface area contributed by atoms with Gasteiger partial charge in [-0.3, -0.25) is 9.78 Å². The van der Waals surface area contributed by atoms with E-state index in [4.69, 9.17) is 9.47 Å². The maximum absolute atomic E-state index is 12.8. The molecule has 0 spiro atoms. The van der Waals surface area contributed by atoms with E-state index < -0.39 is 0 Å². The first-order chi connectivity index (χ1) is 14.7. The van der Waals surface area contributed by atoms with E-state index in [2.05, 4.69) is 15.0 Å². The van der Waals surface area contributed by atoms with Crippen molar-refractivity contribution in [2.75, 3.05) is 40.3 Å². The first-order valence-electron chi connectivity index (χ1n) is 9.93. The average molecular weight is 424 g/mol. The third-order valence-corrected chi connectivity index (χ3v) is 5.20. The van der Waals surface area contributed by atoms with E-state index in [0.717, 1.165) is 17.1 Å². The lowest BCUT2D eigenvalue weighted by molar-refractivity contribution is 0.354. The molecule has 3 rings (SSSR count). The Kier molecular flexibility index (Phi) is 6.48. The second kappa shape index (κ2) is 9.07. The molecular formula is C23H29N5O3. The summed E-state index contributed by atoms with van der Waals surface area (Å²) in [6, 6.07) is 9.72. The predicted octanol–water partition coefficient (Wildman–Crippen LogP) is 3.50. The highest BCUT2D eigenvalue weighted by Gasteiger charge is 2.17. The van der Waals surface area contributed by atoms with Crippen molar-refractivity contribution < 1.29 is 9.47 Å². The fraction of sp³-hybridized carbons (Fsp3) is 0.348. The van der Waals surface area contributed by atoms with Gasteiger partial charge in [-0.25, -0.2) is 9.98 Å². The summed E-state index contributed by atoms with van der Waals surface area (Å²) in [5.74, 6) is 2.48. The fourth-order valence-corrected chi connectivity index (χ4v) is 3.38. The maximum Gasteiger partial charge on any atom is 0.260 e. The number of amidine groups is 1. The minimum Gasteiger partial charge on any atom is -0.493 e. The molecule has 8 heteroatoms. The van der Waals surface area contributed by atoms with Gasteiger partial charge in [0.1, 0.15) is 5.84 Å². The minimum atomic E-state index is -0.217. The van der Waals surface area contributed by atoms with Crippen LogP contribution in [-0.2, 0) is 6.54 Å². The summed E-state index contributed by atoms with van der Waals surface area (Å²) >= 11 is 0. The molecule has 0 bridgehead atoms. The van der Waals surface area contributed by atoms with Crippen LogP contribution < -0.4 is 19.9 Å². The third kappa shape index (κ3) is 4.63. The number of aromatic amines is 1. The van der Waals surface area contributed by atoms with E-state index in [1.807, 2.05) is 69.1 Å². The Bertz CT molecular complexity index is 1180. The van der Waals surface area contributed by atoms with Crippen LogP contribution in [0.3, 0.4) is 0 Å². The average Bonchev–Trinajstić information content (AvgIpc) is 2.73. The molecule has 0 saturated heterocycles. The van der Waals surface area contributed by atoms with Gasteiger partial charge in [0.05, 0.1) is 30.8 Å². The first kappa shape index (κ1) is 22.1. The highest BCUT2D eigenvalue weighted by Crippen LogP contribution is 2.35. The Morgan fingerprint density at radius 1 is 1.16 bits per heavy atom. The molecule has 1 aromatic heterocycles. The van der Waals surface area contributed by atoms with Crippen LogP contribution in [0, 0.1) is 6.92 Å². The quantitative estimate of drug-likeness (QED) is 0.483. The minimum absolute atomic E-state index is 0.217. The van der Waals surface area contributed by atoms with Crippen molar-refractivity contribution in [3.63, 3.8) is 0 Å². The van der Waals surface area contributed by atoms with Crippen molar-refractivity contribution in [2.24, 2.45) is 4.99 Å². The van der Waals surface area contributed by atoms with Gasteiger partial charge in [0, 0.05) is 39.3 Å². The van der Waals surface area contributed by atoms with E-state index in [0.29, 0.717) is 40.5 Å². The zero-order valence-corrected chi connectivity index (χ0v) is 19.1. The molecule has 164 valence electrons. The number of hydrogen-bond acceptors (Lipinski definition) is 6. The van der Waals surface area contributed by atoms with Gasteiger partial charge in [0.2, 0.25) is 5.95 Å². The summed E-state index contributed by atoms with van der Waals surface area (Å²) in [4.78, 5) is 28.9. The third-order valence-electron chi connectivity index (χ3n) is 5.20. The molecule has 0 aliphatic rings. The van der Waals surface area contributed by atoms with Gasteiger partial charge in [0.25, 0.3) is 5.56 Å². The number of aliphatic imine (C=N–C) groups is 1. The van der Waals surface area contributed by atoms with Crippen molar-refractivity contribution in [1.29, 1.82) is 0 Å². The monoisotopic (exact) mass is 423 g/mol. The molecule has 0 aliphatic carbocycles. The van der Waals surface area contributed by atoms with Crippen molar-refractivity contribution in [3.05, 3.63) is 51.8 Å². The van der Waals surface area contributed by atoms with Crippen LogP contribution >= 0.6 is 0 Å². The summed E-state index contributed by atoms with van der Waals surface area (Å²) in [6.45, 7) is 4.35. The summed E-state index contributed by atoms with van der Waals surface area (Å²) in [5.41, 5.74) is 2.97. The van der Waals surface area contributed by atoms with Crippen molar-refractivity contribution in [3.8, 4) is 11.5 Å². The number of rotatable bonds is 6. The van der Waals surface area contributed by atoms with Crippen LogP contribution in [-0.4, -0.2) is 56.1 Å². The predicted molar refractivity (Wildman–Crippen MR) is 125 cm³/mol. The molecule has 31 heavy (non-hydrogen) atoms. The van der Waals surface area contributed by atoms with Gasteiger partial charge in [-0.05, 0) is 31.5 Å². The van der Waals surface area contributed by atoms with Gasteiger partial charge in [0.15, 0.2) is 11.5 Å². The van der Waals surface area contributed by atoms with E-state index in [-0.39, 0.29) is 5.56 Å². The molecule has 0 unspecified atom stereocenters.